The summed E-state index contributed by atoms with van der Waals surface area (Å²) in [5.41, 5.74) is 2.50. The van der Waals surface area contributed by atoms with Crippen LogP contribution in [0.5, 0.6) is 0 Å². The molecule has 1 aliphatic carbocycles. The molecular weight excluding hydrogens is 395 g/mol. The van der Waals surface area contributed by atoms with Crippen molar-refractivity contribution in [3.63, 3.8) is 0 Å². The molecular formula is C21H20Cl2N4O. The summed E-state index contributed by atoms with van der Waals surface area (Å²) in [5, 5.41) is 8.82. The zero-order valence-corrected chi connectivity index (χ0v) is 16.7. The number of hydrogen-bond acceptors (Lipinski definition) is 4. The highest BCUT2D eigenvalue weighted by Crippen LogP contribution is 2.28. The van der Waals surface area contributed by atoms with Gasteiger partial charge in [0.05, 0.1) is 5.52 Å². The van der Waals surface area contributed by atoms with Crippen molar-refractivity contribution in [3.05, 3.63) is 64.5 Å². The number of halogens is 2. The van der Waals surface area contributed by atoms with E-state index in [-0.39, 0.29) is 11.9 Å². The lowest BCUT2D eigenvalue weighted by molar-refractivity contribution is 0.0926. The molecule has 7 heteroatoms. The van der Waals surface area contributed by atoms with E-state index in [1.54, 1.807) is 24.5 Å². The maximum Gasteiger partial charge on any atom is 0.251 e. The number of benzene rings is 1. The van der Waals surface area contributed by atoms with Gasteiger partial charge in [-0.15, -0.1) is 0 Å². The number of aromatic nitrogens is 2. The number of nitrogens with one attached hydrogen (secondary N) is 2. The predicted molar refractivity (Wildman–Crippen MR) is 113 cm³/mol. The van der Waals surface area contributed by atoms with Crippen molar-refractivity contribution in [1.29, 1.82) is 0 Å². The predicted octanol–water partition coefficient (Wildman–Crippen LogP) is 5.09. The van der Waals surface area contributed by atoms with Crippen LogP contribution in [0.4, 0.5) is 5.69 Å². The van der Waals surface area contributed by atoms with Gasteiger partial charge in [0.15, 0.2) is 0 Å². The van der Waals surface area contributed by atoms with E-state index in [9.17, 15) is 4.79 Å². The third-order valence-electron chi connectivity index (χ3n) is 5.12. The maximum absolute atomic E-state index is 12.4. The van der Waals surface area contributed by atoms with Crippen molar-refractivity contribution in [3.8, 4) is 0 Å². The molecule has 28 heavy (non-hydrogen) atoms. The first-order chi connectivity index (χ1) is 13.6. The van der Waals surface area contributed by atoms with Crippen molar-refractivity contribution in [2.45, 2.75) is 37.8 Å². The van der Waals surface area contributed by atoms with E-state index in [1.807, 2.05) is 24.3 Å². The van der Waals surface area contributed by atoms with E-state index in [0.717, 1.165) is 42.3 Å². The molecule has 1 aromatic carbocycles. The van der Waals surface area contributed by atoms with Crippen LogP contribution >= 0.6 is 23.2 Å². The molecule has 0 spiro atoms. The van der Waals surface area contributed by atoms with Gasteiger partial charge in [0.2, 0.25) is 0 Å². The number of rotatable bonds is 4. The molecule has 2 N–H and O–H groups in total. The van der Waals surface area contributed by atoms with Crippen LogP contribution in [-0.2, 0) is 0 Å². The summed E-state index contributed by atoms with van der Waals surface area (Å²) < 4.78 is 0. The Morgan fingerprint density at radius 1 is 0.929 bits per heavy atom. The third-order valence-corrected chi connectivity index (χ3v) is 5.56. The van der Waals surface area contributed by atoms with Crippen LogP contribution in [0.25, 0.3) is 10.9 Å². The van der Waals surface area contributed by atoms with Gasteiger partial charge in [0.1, 0.15) is 5.15 Å². The fraction of sp³-hybridized carbons (Fsp3) is 0.286. The van der Waals surface area contributed by atoms with Crippen molar-refractivity contribution in [2.75, 3.05) is 5.32 Å². The number of anilines is 1. The van der Waals surface area contributed by atoms with E-state index in [0.29, 0.717) is 21.8 Å². The van der Waals surface area contributed by atoms with Gasteiger partial charge in [0, 0.05) is 46.1 Å². The minimum Gasteiger partial charge on any atom is -0.382 e. The van der Waals surface area contributed by atoms with Gasteiger partial charge >= 0.3 is 0 Å². The molecule has 0 aliphatic heterocycles. The molecule has 0 saturated heterocycles. The molecule has 144 valence electrons. The zero-order valence-electron chi connectivity index (χ0n) is 15.2. The fourth-order valence-electron chi connectivity index (χ4n) is 3.66. The normalized spacial score (nSPS) is 19.4. The standard InChI is InChI=1S/C21H20Cl2N4O/c22-14-1-6-17-18(8-10-24-19(17)12-14)26-15-2-4-16(5-3-15)27-21(28)13-7-9-25-20(23)11-13/h1,6-12,15-16H,2-5H2,(H,24,26)(H,27,28). The maximum atomic E-state index is 12.4. The minimum atomic E-state index is -0.0993. The van der Waals surface area contributed by atoms with Crippen molar-refractivity contribution < 1.29 is 4.79 Å². The van der Waals surface area contributed by atoms with Crippen LogP contribution in [0.2, 0.25) is 10.2 Å². The van der Waals surface area contributed by atoms with E-state index >= 15 is 0 Å². The van der Waals surface area contributed by atoms with Gasteiger partial charge in [0.25, 0.3) is 5.91 Å². The number of pyridine rings is 2. The zero-order chi connectivity index (χ0) is 19.5. The molecule has 2 heterocycles. The van der Waals surface area contributed by atoms with Gasteiger partial charge in [-0.05, 0) is 62.1 Å². The second-order valence-corrected chi connectivity index (χ2v) is 7.88. The summed E-state index contributed by atoms with van der Waals surface area (Å²) in [6.45, 7) is 0. The van der Waals surface area contributed by atoms with Crippen LogP contribution < -0.4 is 10.6 Å². The molecule has 4 rings (SSSR count). The topological polar surface area (TPSA) is 66.9 Å². The van der Waals surface area contributed by atoms with Crippen LogP contribution in [0.1, 0.15) is 36.0 Å². The first-order valence-electron chi connectivity index (χ1n) is 9.32. The van der Waals surface area contributed by atoms with Gasteiger partial charge in [-0.25, -0.2) is 4.98 Å². The van der Waals surface area contributed by atoms with Crippen molar-refractivity contribution in [2.24, 2.45) is 0 Å². The molecule has 0 atom stereocenters. The molecule has 3 aromatic rings. The Kier molecular flexibility index (Phi) is 5.64. The molecule has 1 amide bonds. The molecule has 1 fully saturated rings. The number of hydrogen-bond donors (Lipinski definition) is 2. The number of nitrogens with zero attached hydrogens (tertiary/aromatic N) is 2. The first-order valence-corrected chi connectivity index (χ1v) is 10.1. The highest BCUT2D eigenvalue weighted by molar-refractivity contribution is 6.31. The second-order valence-electron chi connectivity index (χ2n) is 7.05. The Labute approximate surface area is 173 Å². The van der Waals surface area contributed by atoms with E-state index in [1.165, 1.54) is 0 Å². The lowest BCUT2D eigenvalue weighted by atomic mass is 9.90. The Morgan fingerprint density at radius 2 is 1.68 bits per heavy atom. The lowest BCUT2D eigenvalue weighted by Crippen LogP contribution is -2.40. The number of fused-ring (bicyclic) bond motifs is 1. The van der Waals surface area contributed by atoms with Crippen LogP contribution in [0.15, 0.2) is 48.8 Å². The number of amides is 1. The summed E-state index contributed by atoms with van der Waals surface area (Å²) in [6.07, 6.45) is 7.17. The molecule has 5 nitrogen and oxygen atoms in total. The summed E-state index contributed by atoms with van der Waals surface area (Å²) in [5.74, 6) is -0.0993. The Balaban J connectivity index is 1.35. The molecule has 0 bridgehead atoms. The second kappa shape index (κ2) is 8.33. The smallest absolute Gasteiger partial charge is 0.251 e. The van der Waals surface area contributed by atoms with Crippen LogP contribution in [-0.4, -0.2) is 28.0 Å². The molecule has 1 aliphatic rings. The van der Waals surface area contributed by atoms with E-state index in [2.05, 4.69) is 20.6 Å². The first kappa shape index (κ1) is 19.0. The summed E-state index contributed by atoms with van der Waals surface area (Å²) in [4.78, 5) is 20.7. The van der Waals surface area contributed by atoms with E-state index < -0.39 is 0 Å². The highest BCUT2D eigenvalue weighted by Gasteiger charge is 2.23. The highest BCUT2D eigenvalue weighted by atomic mass is 35.5. The quantitative estimate of drug-likeness (QED) is 0.583. The Morgan fingerprint density at radius 3 is 2.46 bits per heavy atom. The van der Waals surface area contributed by atoms with Gasteiger partial charge in [-0.2, -0.15) is 0 Å². The minimum absolute atomic E-state index is 0.0993. The summed E-state index contributed by atoms with van der Waals surface area (Å²) in [7, 11) is 0. The fourth-order valence-corrected chi connectivity index (χ4v) is 4.00. The molecule has 2 aromatic heterocycles. The lowest BCUT2D eigenvalue weighted by Gasteiger charge is -2.30. The van der Waals surface area contributed by atoms with E-state index in [4.69, 9.17) is 23.2 Å². The van der Waals surface area contributed by atoms with Crippen LogP contribution in [0, 0.1) is 0 Å². The monoisotopic (exact) mass is 414 g/mol. The Bertz CT molecular complexity index is 1000. The number of carbonyl (C=O) groups excluding carboxylic acids is 1. The van der Waals surface area contributed by atoms with Crippen molar-refractivity contribution >= 4 is 45.7 Å². The summed E-state index contributed by atoms with van der Waals surface area (Å²) >= 11 is 11.9. The largest absolute Gasteiger partial charge is 0.382 e. The number of carbonyl (C=O) groups is 1. The van der Waals surface area contributed by atoms with Crippen LogP contribution in [0.3, 0.4) is 0 Å². The van der Waals surface area contributed by atoms with Gasteiger partial charge in [-0.3, -0.25) is 9.78 Å². The molecule has 0 unspecified atom stereocenters. The molecule has 0 radical (unpaired) electrons. The summed E-state index contributed by atoms with van der Waals surface area (Å²) in [6, 6.07) is 11.6. The van der Waals surface area contributed by atoms with Gasteiger partial charge < -0.3 is 10.6 Å². The van der Waals surface area contributed by atoms with Gasteiger partial charge in [-0.1, -0.05) is 23.2 Å². The SMILES string of the molecule is O=C(NC1CCC(Nc2ccnc3cc(Cl)ccc23)CC1)c1ccnc(Cl)c1. The average Bonchev–Trinajstić information content (AvgIpc) is 2.69. The Hall–Kier alpha value is -2.37. The molecule has 1 saturated carbocycles. The third kappa shape index (κ3) is 4.37. The average molecular weight is 415 g/mol. The van der Waals surface area contributed by atoms with Crippen molar-refractivity contribution in [1.82, 2.24) is 15.3 Å².